The number of ether oxygens (including phenoxy) is 1. The van der Waals surface area contributed by atoms with Gasteiger partial charge in [0.15, 0.2) is 5.82 Å². The molecule has 0 unspecified atom stereocenters. The summed E-state index contributed by atoms with van der Waals surface area (Å²) in [4.78, 5) is 13.6. The zero-order chi connectivity index (χ0) is 23.1. The number of aromatic nitrogens is 4. The third-order valence-corrected chi connectivity index (χ3v) is 7.35. The van der Waals surface area contributed by atoms with Crippen molar-refractivity contribution in [3.8, 4) is 17.3 Å². The number of fused-ring (bicyclic) bond motifs is 2. The van der Waals surface area contributed by atoms with Gasteiger partial charge < -0.3 is 19.5 Å². The second kappa shape index (κ2) is 8.95. The molecule has 6 rings (SSSR count). The number of likely N-dealkylation sites (tertiary alicyclic amines) is 1. The van der Waals surface area contributed by atoms with Crippen LogP contribution in [0.1, 0.15) is 46.0 Å². The molecule has 2 N–H and O–H groups in total. The molecule has 2 fully saturated rings. The zero-order valence-electron chi connectivity index (χ0n) is 20.2. The zero-order valence-corrected chi connectivity index (χ0v) is 20.2. The summed E-state index contributed by atoms with van der Waals surface area (Å²) in [6, 6.07) is 13.4. The lowest BCUT2D eigenvalue weighted by atomic mass is 9.99. The summed E-state index contributed by atoms with van der Waals surface area (Å²) >= 11 is 0. The summed E-state index contributed by atoms with van der Waals surface area (Å²) in [7, 11) is 0. The summed E-state index contributed by atoms with van der Waals surface area (Å²) in [5.74, 6) is 1.60. The van der Waals surface area contributed by atoms with Gasteiger partial charge in [-0.25, -0.2) is 4.98 Å². The lowest BCUT2D eigenvalue weighted by Gasteiger charge is -2.41. The van der Waals surface area contributed by atoms with Gasteiger partial charge in [0.25, 0.3) is 0 Å². The highest BCUT2D eigenvalue weighted by molar-refractivity contribution is 5.96. The second-order valence-electron chi connectivity index (χ2n) is 10.0. The van der Waals surface area contributed by atoms with E-state index in [2.05, 4.69) is 49.2 Å². The van der Waals surface area contributed by atoms with E-state index in [9.17, 15) is 0 Å². The molecule has 0 bridgehead atoms. The Morgan fingerprint density at radius 1 is 1.00 bits per heavy atom. The highest BCUT2D eigenvalue weighted by Gasteiger charge is 2.26. The van der Waals surface area contributed by atoms with Gasteiger partial charge in [-0.05, 0) is 76.9 Å². The number of rotatable bonds is 5. The number of imidazole rings is 1. The molecule has 0 radical (unpaired) electrons. The molecule has 2 aromatic heterocycles. The molecule has 7 heteroatoms. The van der Waals surface area contributed by atoms with Crippen LogP contribution < -0.4 is 9.64 Å². The van der Waals surface area contributed by atoms with Gasteiger partial charge in [-0.15, -0.1) is 0 Å². The van der Waals surface area contributed by atoms with E-state index < -0.39 is 0 Å². The van der Waals surface area contributed by atoms with Gasteiger partial charge in [0.2, 0.25) is 0 Å². The van der Waals surface area contributed by atoms with Crippen LogP contribution in [-0.4, -0.2) is 63.4 Å². The molecule has 0 saturated carbocycles. The number of para-hydroxylation sites is 1. The summed E-state index contributed by atoms with van der Waals surface area (Å²) in [6.07, 6.45) is 6.76. The van der Waals surface area contributed by atoms with Crippen molar-refractivity contribution in [1.29, 1.82) is 0 Å². The van der Waals surface area contributed by atoms with E-state index >= 15 is 0 Å². The second-order valence-corrected chi connectivity index (χ2v) is 10.0. The van der Waals surface area contributed by atoms with Gasteiger partial charge in [0.05, 0.1) is 17.1 Å². The Balaban J connectivity index is 1.23. The molecule has 2 saturated heterocycles. The first-order valence-corrected chi connectivity index (χ1v) is 12.8. The van der Waals surface area contributed by atoms with E-state index in [1.54, 1.807) is 0 Å². The van der Waals surface area contributed by atoms with E-state index in [1.807, 2.05) is 26.0 Å². The van der Waals surface area contributed by atoms with Crippen molar-refractivity contribution in [3.05, 3.63) is 36.4 Å². The Bertz CT molecular complexity index is 1280. The molecule has 34 heavy (non-hydrogen) atoms. The predicted octanol–water partition coefficient (Wildman–Crippen LogP) is 5.35. The molecular formula is C27H34N6O. The number of benzene rings is 2. The third kappa shape index (κ3) is 4.02. The molecule has 0 amide bonds. The van der Waals surface area contributed by atoms with Crippen LogP contribution in [0.15, 0.2) is 36.4 Å². The van der Waals surface area contributed by atoms with Crippen molar-refractivity contribution in [1.82, 2.24) is 25.1 Å². The van der Waals surface area contributed by atoms with Crippen LogP contribution >= 0.6 is 0 Å². The molecule has 2 aliphatic rings. The first-order valence-electron chi connectivity index (χ1n) is 12.8. The normalized spacial score (nSPS) is 18.4. The summed E-state index contributed by atoms with van der Waals surface area (Å²) in [5, 5.41) is 8.74. The molecule has 0 atom stereocenters. The largest absolute Gasteiger partial charge is 0.489 e. The van der Waals surface area contributed by atoms with E-state index in [4.69, 9.17) is 9.72 Å². The van der Waals surface area contributed by atoms with Gasteiger partial charge in [0, 0.05) is 30.2 Å². The van der Waals surface area contributed by atoms with Crippen molar-refractivity contribution in [2.45, 2.75) is 58.1 Å². The number of aromatic amines is 2. The van der Waals surface area contributed by atoms with Crippen molar-refractivity contribution >= 4 is 27.6 Å². The molecule has 7 nitrogen and oxygen atoms in total. The van der Waals surface area contributed by atoms with E-state index in [0.29, 0.717) is 0 Å². The number of piperidine rings is 2. The first kappa shape index (κ1) is 21.5. The standard InChI is InChI=1S/C27H34N6O/c1-18(2)34-24-8-6-7-21-25(24)30-31-26(21)27-28-22-10-9-20(17-23(22)29-27)33-15-11-19(12-16-33)32-13-4-3-5-14-32/h6-10,17-19H,3-5,11-16H2,1-2H3,(H,28,29)(H,30,31). The van der Waals surface area contributed by atoms with Crippen molar-refractivity contribution in [2.24, 2.45) is 0 Å². The van der Waals surface area contributed by atoms with Crippen LogP contribution in [0.25, 0.3) is 33.5 Å². The van der Waals surface area contributed by atoms with Gasteiger partial charge in [-0.3, -0.25) is 5.10 Å². The smallest absolute Gasteiger partial charge is 0.159 e. The molecular weight excluding hydrogens is 424 g/mol. The van der Waals surface area contributed by atoms with Gasteiger partial charge in [-0.2, -0.15) is 5.10 Å². The van der Waals surface area contributed by atoms with Crippen molar-refractivity contribution in [3.63, 3.8) is 0 Å². The summed E-state index contributed by atoms with van der Waals surface area (Å²) in [6.45, 7) is 8.89. The van der Waals surface area contributed by atoms with Gasteiger partial charge in [-0.1, -0.05) is 18.6 Å². The third-order valence-electron chi connectivity index (χ3n) is 7.35. The fourth-order valence-electron chi connectivity index (χ4n) is 5.63. The minimum atomic E-state index is 0.104. The lowest BCUT2D eigenvalue weighted by Crippen LogP contribution is -2.46. The number of nitrogens with one attached hydrogen (secondary N) is 2. The maximum absolute atomic E-state index is 5.95. The van der Waals surface area contributed by atoms with Crippen molar-refractivity contribution in [2.75, 3.05) is 31.1 Å². The fourth-order valence-corrected chi connectivity index (χ4v) is 5.63. The van der Waals surface area contributed by atoms with Crippen LogP contribution in [0.4, 0.5) is 5.69 Å². The number of hydrogen-bond acceptors (Lipinski definition) is 5. The average Bonchev–Trinajstić information content (AvgIpc) is 3.48. The average molecular weight is 459 g/mol. The minimum absolute atomic E-state index is 0.104. The summed E-state index contributed by atoms with van der Waals surface area (Å²) in [5.41, 5.74) is 5.02. The Morgan fingerprint density at radius 2 is 1.82 bits per heavy atom. The van der Waals surface area contributed by atoms with Crippen LogP contribution in [0.5, 0.6) is 5.75 Å². The Hall–Kier alpha value is -3.06. The highest BCUT2D eigenvalue weighted by atomic mass is 16.5. The fraction of sp³-hybridized carbons (Fsp3) is 0.481. The molecule has 178 valence electrons. The van der Waals surface area contributed by atoms with Crippen LogP contribution in [0, 0.1) is 0 Å². The van der Waals surface area contributed by atoms with Gasteiger partial charge in [0.1, 0.15) is 17.0 Å². The summed E-state index contributed by atoms with van der Waals surface area (Å²) < 4.78 is 5.95. The Morgan fingerprint density at radius 3 is 2.62 bits per heavy atom. The quantitative estimate of drug-likeness (QED) is 0.422. The van der Waals surface area contributed by atoms with Gasteiger partial charge >= 0.3 is 0 Å². The van der Waals surface area contributed by atoms with Crippen LogP contribution in [0.2, 0.25) is 0 Å². The predicted molar refractivity (Wildman–Crippen MR) is 138 cm³/mol. The molecule has 4 heterocycles. The van der Waals surface area contributed by atoms with Crippen LogP contribution in [-0.2, 0) is 0 Å². The maximum atomic E-state index is 5.95. The lowest BCUT2D eigenvalue weighted by molar-refractivity contribution is 0.141. The first-order chi connectivity index (χ1) is 16.7. The number of anilines is 1. The number of hydrogen-bond donors (Lipinski definition) is 2. The highest BCUT2D eigenvalue weighted by Crippen LogP contribution is 2.33. The molecule has 2 aliphatic heterocycles. The SMILES string of the molecule is CC(C)Oc1cccc2c(-c3nc4ccc(N5CCC(N6CCCCC6)CC5)cc4[nH]3)n[nH]c12. The topological polar surface area (TPSA) is 73.1 Å². The number of nitrogens with zero attached hydrogens (tertiary/aromatic N) is 4. The van der Waals surface area contributed by atoms with E-state index in [1.165, 1.54) is 50.9 Å². The monoisotopic (exact) mass is 458 g/mol. The van der Waals surface area contributed by atoms with E-state index in [-0.39, 0.29) is 6.10 Å². The van der Waals surface area contributed by atoms with Crippen molar-refractivity contribution < 1.29 is 4.74 Å². The molecule has 0 aliphatic carbocycles. The Labute approximate surface area is 200 Å². The Kier molecular flexibility index (Phi) is 5.65. The maximum Gasteiger partial charge on any atom is 0.159 e. The van der Waals surface area contributed by atoms with Crippen LogP contribution in [0.3, 0.4) is 0 Å². The molecule has 0 spiro atoms. The van der Waals surface area contributed by atoms with E-state index in [0.717, 1.165) is 58.3 Å². The minimum Gasteiger partial charge on any atom is -0.489 e. The number of H-pyrrole nitrogens is 2. The molecule has 2 aromatic carbocycles. The molecule has 4 aromatic rings.